The Morgan fingerprint density at radius 3 is 2.58 bits per heavy atom. The van der Waals surface area contributed by atoms with Gasteiger partial charge in [-0.25, -0.2) is 8.42 Å². The first-order chi connectivity index (χ1) is 9.02. The molecule has 1 saturated carbocycles. The number of nitrogens with zero attached hydrogens (tertiary/aromatic N) is 1. The van der Waals surface area contributed by atoms with E-state index in [0.717, 1.165) is 6.42 Å². The van der Waals surface area contributed by atoms with Crippen LogP contribution in [0.1, 0.15) is 32.1 Å². The van der Waals surface area contributed by atoms with Crippen molar-refractivity contribution in [2.24, 2.45) is 0 Å². The van der Waals surface area contributed by atoms with E-state index in [1.807, 2.05) is 6.07 Å². The minimum absolute atomic E-state index is 0.000722. The lowest BCUT2D eigenvalue weighted by Crippen LogP contribution is -2.39. The molecule has 0 unspecified atom stereocenters. The maximum absolute atomic E-state index is 12.7. The standard InChI is InChI=1S/C14H17NO3S/c15-11-14(9-5-4-6-12(16)10-14)19(17,18)13-7-2-1-3-8-13/h1-3,7-8,12,16H,4-6,9-10H2/t12-,14-/m0/s1. The first-order valence-corrected chi connectivity index (χ1v) is 7.89. The van der Waals surface area contributed by atoms with Crippen LogP contribution in [-0.4, -0.2) is 24.4 Å². The summed E-state index contributed by atoms with van der Waals surface area (Å²) in [6.07, 6.45) is 1.54. The molecule has 1 aromatic rings. The summed E-state index contributed by atoms with van der Waals surface area (Å²) in [5, 5.41) is 19.3. The van der Waals surface area contributed by atoms with Crippen LogP contribution in [0.5, 0.6) is 0 Å². The zero-order chi connectivity index (χ0) is 13.9. The second kappa shape index (κ2) is 5.32. The Bertz CT molecular complexity index is 576. The van der Waals surface area contributed by atoms with Crippen molar-refractivity contribution in [3.63, 3.8) is 0 Å². The Balaban J connectivity index is 2.49. The van der Waals surface area contributed by atoms with E-state index in [1.165, 1.54) is 12.1 Å². The van der Waals surface area contributed by atoms with Gasteiger partial charge in [-0.15, -0.1) is 0 Å². The number of aliphatic hydroxyl groups is 1. The zero-order valence-corrected chi connectivity index (χ0v) is 11.4. The van der Waals surface area contributed by atoms with Crippen LogP contribution in [0.3, 0.4) is 0 Å². The van der Waals surface area contributed by atoms with Crippen molar-refractivity contribution in [3.8, 4) is 6.07 Å². The lowest BCUT2D eigenvalue weighted by molar-refractivity contribution is 0.152. The largest absolute Gasteiger partial charge is 0.393 e. The molecule has 1 aliphatic carbocycles. The molecule has 2 atom stereocenters. The second-order valence-electron chi connectivity index (χ2n) is 5.03. The van der Waals surface area contributed by atoms with Gasteiger partial charge in [0.2, 0.25) is 0 Å². The SMILES string of the molecule is N#C[C@]1(S(=O)(=O)c2ccccc2)CCCC[C@H](O)C1. The van der Waals surface area contributed by atoms with Crippen LogP contribution in [0.2, 0.25) is 0 Å². The van der Waals surface area contributed by atoms with Crippen molar-refractivity contribution in [2.75, 3.05) is 0 Å². The highest BCUT2D eigenvalue weighted by Gasteiger charge is 2.47. The topological polar surface area (TPSA) is 78.2 Å². The lowest BCUT2D eigenvalue weighted by Gasteiger charge is -2.26. The number of rotatable bonds is 2. The summed E-state index contributed by atoms with van der Waals surface area (Å²) in [4.78, 5) is 0.158. The van der Waals surface area contributed by atoms with E-state index < -0.39 is 20.7 Å². The molecule has 2 rings (SSSR count). The van der Waals surface area contributed by atoms with E-state index in [2.05, 4.69) is 0 Å². The number of benzene rings is 1. The second-order valence-corrected chi connectivity index (χ2v) is 7.29. The summed E-state index contributed by atoms with van der Waals surface area (Å²) in [6, 6.07) is 10.0. The van der Waals surface area contributed by atoms with Gasteiger partial charge in [0, 0.05) is 6.42 Å². The smallest absolute Gasteiger partial charge is 0.197 e. The molecular weight excluding hydrogens is 262 g/mol. The van der Waals surface area contributed by atoms with Crippen LogP contribution in [0.15, 0.2) is 35.2 Å². The first-order valence-electron chi connectivity index (χ1n) is 6.41. The van der Waals surface area contributed by atoms with Gasteiger partial charge in [0.15, 0.2) is 14.6 Å². The van der Waals surface area contributed by atoms with Gasteiger partial charge < -0.3 is 5.11 Å². The molecular formula is C14H17NO3S. The summed E-state index contributed by atoms with van der Waals surface area (Å²) in [6.45, 7) is 0. The molecule has 0 radical (unpaired) electrons. The number of hydrogen-bond acceptors (Lipinski definition) is 4. The molecule has 1 aliphatic rings. The van der Waals surface area contributed by atoms with Crippen molar-refractivity contribution < 1.29 is 13.5 Å². The third-order valence-electron chi connectivity index (χ3n) is 3.70. The average Bonchev–Trinajstić information content (AvgIpc) is 2.62. The fraction of sp³-hybridized carbons (Fsp3) is 0.500. The van der Waals surface area contributed by atoms with Crippen molar-refractivity contribution in [3.05, 3.63) is 30.3 Å². The molecule has 1 aromatic carbocycles. The van der Waals surface area contributed by atoms with E-state index in [9.17, 15) is 18.8 Å². The highest BCUT2D eigenvalue weighted by molar-refractivity contribution is 7.93. The van der Waals surface area contributed by atoms with Crippen molar-refractivity contribution >= 4 is 9.84 Å². The number of sulfone groups is 1. The Morgan fingerprint density at radius 2 is 1.95 bits per heavy atom. The van der Waals surface area contributed by atoms with Gasteiger partial charge in [-0.3, -0.25) is 0 Å². The molecule has 19 heavy (non-hydrogen) atoms. The van der Waals surface area contributed by atoms with E-state index in [0.29, 0.717) is 12.8 Å². The van der Waals surface area contributed by atoms with Crippen LogP contribution in [0.25, 0.3) is 0 Å². The third kappa shape index (κ3) is 2.51. The number of hydrogen-bond donors (Lipinski definition) is 1. The Labute approximate surface area is 113 Å². The summed E-state index contributed by atoms with van der Waals surface area (Å²) in [5.74, 6) is 0. The Kier molecular flexibility index (Phi) is 3.93. The first kappa shape index (κ1) is 14.0. The van der Waals surface area contributed by atoms with Gasteiger partial charge >= 0.3 is 0 Å². The molecule has 0 heterocycles. The molecule has 0 aromatic heterocycles. The quantitative estimate of drug-likeness (QED) is 0.840. The molecule has 0 aliphatic heterocycles. The fourth-order valence-corrected chi connectivity index (χ4v) is 4.52. The number of nitriles is 1. The molecule has 0 saturated heterocycles. The average molecular weight is 279 g/mol. The summed E-state index contributed by atoms with van der Waals surface area (Å²) in [7, 11) is -3.75. The molecule has 0 amide bonds. The van der Waals surface area contributed by atoms with Gasteiger partial charge in [0.05, 0.1) is 17.1 Å². The van der Waals surface area contributed by atoms with Crippen molar-refractivity contribution in [2.45, 2.75) is 47.9 Å². The molecule has 1 fully saturated rings. The van der Waals surface area contributed by atoms with Crippen LogP contribution < -0.4 is 0 Å². The number of aliphatic hydroxyl groups excluding tert-OH is 1. The van der Waals surface area contributed by atoms with Crippen molar-refractivity contribution in [1.29, 1.82) is 5.26 Å². The van der Waals surface area contributed by atoms with Gasteiger partial charge in [0.1, 0.15) is 0 Å². The minimum atomic E-state index is -3.75. The summed E-state index contributed by atoms with van der Waals surface area (Å²) in [5.41, 5.74) is 0. The van der Waals surface area contributed by atoms with Crippen LogP contribution >= 0.6 is 0 Å². The molecule has 0 bridgehead atoms. The van der Waals surface area contributed by atoms with Crippen LogP contribution in [-0.2, 0) is 9.84 Å². The lowest BCUT2D eigenvalue weighted by atomic mass is 10.00. The molecule has 102 valence electrons. The van der Waals surface area contributed by atoms with Crippen molar-refractivity contribution in [1.82, 2.24) is 0 Å². The van der Waals surface area contributed by atoms with Crippen LogP contribution in [0, 0.1) is 11.3 Å². The molecule has 1 N–H and O–H groups in total. The van der Waals surface area contributed by atoms with E-state index in [4.69, 9.17) is 0 Å². The predicted octanol–water partition coefficient (Wildman–Crippen LogP) is 2.05. The third-order valence-corrected chi connectivity index (χ3v) is 6.09. The predicted molar refractivity (Wildman–Crippen MR) is 71.1 cm³/mol. The van der Waals surface area contributed by atoms with Gasteiger partial charge in [-0.05, 0) is 25.0 Å². The zero-order valence-electron chi connectivity index (χ0n) is 10.6. The van der Waals surface area contributed by atoms with E-state index >= 15 is 0 Å². The van der Waals surface area contributed by atoms with E-state index in [1.54, 1.807) is 18.2 Å². The monoisotopic (exact) mass is 279 g/mol. The normalized spacial score (nSPS) is 28.3. The van der Waals surface area contributed by atoms with Gasteiger partial charge in [0.25, 0.3) is 0 Å². The summed E-state index contributed by atoms with van der Waals surface area (Å²) >= 11 is 0. The Hall–Kier alpha value is -1.38. The van der Waals surface area contributed by atoms with E-state index in [-0.39, 0.29) is 17.7 Å². The molecule has 0 spiro atoms. The van der Waals surface area contributed by atoms with Gasteiger partial charge in [-0.2, -0.15) is 5.26 Å². The van der Waals surface area contributed by atoms with Crippen LogP contribution in [0.4, 0.5) is 0 Å². The fourth-order valence-electron chi connectivity index (χ4n) is 2.61. The van der Waals surface area contributed by atoms with Gasteiger partial charge in [-0.1, -0.05) is 31.0 Å². The molecule has 4 nitrogen and oxygen atoms in total. The Morgan fingerprint density at radius 1 is 1.26 bits per heavy atom. The highest BCUT2D eigenvalue weighted by Crippen LogP contribution is 2.37. The maximum atomic E-state index is 12.7. The maximum Gasteiger partial charge on any atom is 0.197 e. The minimum Gasteiger partial charge on any atom is -0.393 e. The molecule has 5 heteroatoms. The highest BCUT2D eigenvalue weighted by atomic mass is 32.2. The summed E-state index contributed by atoms with van der Waals surface area (Å²) < 4.78 is 23.9.